The van der Waals surface area contributed by atoms with Crippen molar-refractivity contribution in [2.45, 2.75) is 12.0 Å². The van der Waals surface area contributed by atoms with Gasteiger partial charge in [-0.3, -0.25) is 15.0 Å². The fourth-order valence-corrected chi connectivity index (χ4v) is 3.80. The van der Waals surface area contributed by atoms with E-state index in [1.807, 2.05) is 48.5 Å². The van der Waals surface area contributed by atoms with Gasteiger partial charge in [0.05, 0.1) is 25.7 Å². The third kappa shape index (κ3) is 3.52. The van der Waals surface area contributed by atoms with E-state index in [1.165, 1.54) is 0 Å². The molecule has 0 saturated carbocycles. The van der Waals surface area contributed by atoms with Gasteiger partial charge in [-0.05, 0) is 22.3 Å². The minimum atomic E-state index is -1.02. The highest BCUT2D eigenvalue weighted by Crippen LogP contribution is 2.44. The van der Waals surface area contributed by atoms with E-state index >= 15 is 0 Å². The highest BCUT2D eigenvalue weighted by Gasteiger charge is 2.35. The maximum atomic E-state index is 13.1. The second-order valence-corrected chi connectivity index (χ2v) is 6.93. The third-order valence-corrected chi connectivity index (χ3v) is 5.19. The number of rotatable bonds is 5. The molecule has 0 radical (unpaired) electrons. The molecule has 1 fully saturated rings. The minimum absolute atomic E-state index is 0.298. The molecule has 0 unspecified atom stereocenters. The summed E-state index contributed by atoms with van der Waals surface area (Å²) in [6, 6.07) is 14.5. The SMILES string of the molecule is O=C(N[C@@H](CO)C(=O)NN1CCOCC1)C1c2ccccc2-c2ccccc21. The van der Waals surface area contributed by atoms with Gasteiger partial charge in [0, 0.05) is 13.1 Å². The molecular weight excluding hydrogens is 358 g/mol. The number of carbonyl (C=O) groups excluding carboxylic acids is 2. The van der Waals surface area contributed by atoms with E-state index in [9.17, 15) is 14.7 Å². The van der Waals surface area contributed by atoms with E-state index in [4.69, 9.17) is 4.74 Å². The van der Waals surface area contributed by atoms with Gasteiger partial charge in [-0.2, -0.15) is 0 Å². The Morgan fingerprint density at radius 3 is 2.18 bits per heavy atom. The average Bonchev–Trinajstić information content (AvgIpc) is 3.07. The number of hydrogen-bond donors (Lipinski definition) is 3. The fraction of sp³-hybridized carbons (Fsp3) is 0.333. The Bertz CT molecular complexity index is 834. The van der Waals surface area contributed by atoms with Crippen LogP contribution in [0.4, 0.5) is 0 Å². The predicted octanol–water partition coefficient (Wildman–Crippen LogP) is 0.639. The molecule has 146 valence electrons. The summed E-state index contributed by atoms with van der Waals surface area (Å²) in [5.74, 6) is -1.23. The first kappa shape index (κ1) is 18.6. The number of morpholine rings is 1. The third-order valence-electron chi connectivity index (χ3n) is 5.19. The van der Waals surface area contributed by atoms with Crippen LogP contribution < -0.4 is 10.7 Å². The van der Waals surface area contributed by atoms with Crippen molar-refractivity contribution in [2.75, 3.05) is 32.9 Å². The normalized spacial score (nSPS) is 17.5. The van der Waals surface area contributed by atoms with E-state index in [1.54, 1.807) is 5.01 Å². The molecule has 1 heterocycles. The molecule has 7 nitrogen and oxygen atoms in total. The molecule has 0 aromatic heterocycles. The molecule has 0 spiro atoms. The fourth-order valence-electron chi connectivity index (χ4n) is 3.80. The number of benzene rings is 2. The van der Waals surface area contributed by atoms with Gasteiger partial charge in [0.1, 0.15) is 6.04 Å². The summed E-state index contributed by atoms with van der Waals surface area (Å²) >= 11 is 0. The monoisotopic (exact) mass is 381 g/mol. The molecule has 2 amide bonds. The van der Waals surface area contributed by atoms with Crippen LogP contribution in [0.5, 0.6) is 0 Å². The largest absolute Gasteiger partial charge is 0.394 e. The molecule has 2 aromatic rings. The van der Waals surface area contributed by atoms with Crippen LogP contribution in [0.1, 0.15) is 17.0 Å². The first-order valence-electron chi connectivity index (χ1n) is 9.41. The van der Waals surface area contributed by atoms with E-state index in [2.05, 4.69) is 10.7 Å². The Kier molecular flexibility index (Phi) is 5.38. The quantitative estimate of drug-likeness (QED) is 0.707. The van der Waals surface area contributed by atoms with Crippen molar-refractivity contribution in [3.05, 3.63) is 59.7 Å². The molecule has 1 atom stereocenters. The van der Waals surface area contributed by atoms with Crippen molar-refractivity contribution in [1.29, 1.82) is 0 Å². The second-order valence-electron chi connectivity index (χ2n) is 6.93. The van der Waals surface area contributed by atoms with Gasteiger partial charge in [0.15, 0.2) is 0 Å². The zero-order chi connectivity index (χ0) is 19.5. The zero-order valence-corrected chi connectivity index (χ0v) is 15.4. The summed E-state index contributed by atoms with van der Waals surface area (Å²) in [7, 11) is 0. The maximum absolute atomic E-state index is 13.1. The number of nitrogens with one attached hydrogen (secondary N) is 2. The summed E-state index contributed by atoms with van der Waals surface area (Å²) in [4.78, 5) is 25.6. The van der Waals surface area contributed by atoms with Crippen LogP contribution in [0.3, 0.4) is 0 Å². The molecule has 1 aliphatic heterocycles. The Hall–Kier alpha value is -2.74. The molecule has 1 saturated heterocycles. The van der Waals surface area contributed by atoms with Crippen molar-refractivity contribution in [2.24, 2.45) is 0 Å². The van der Waals surface area contributed by atoms with Gasteiger partial charge < -0.3 is 15.2 Å². The molecular formula is C21H23N3O4. The van der Waals surface area contributed by atoms with Crippen molar-refractivity contribution >= 4 is 11.8 Å². The molecule has 2 aromatic carbocycles. The highest BCUT2D eigenvalue weighted by molar-refractivity contribution is 5.98. The molecule has 3 N–H and O–H groups in total. The Morgan fingerprint density at radius 2 is 1.61 bits per heavy atom. The molecule has 4 rings (SSSR count). The van der Waals surface area contributed by atoms with Gasteiger partial charge >= 0.3 is 0 Å². The highest BCUT2D eigenvalue weighted by atomic mass is 16.5. The molecule has 0 bridgehead atoms. The van der Waals surface area contributed by atoms with Crippen LogP contribution >= 0.6 is 0 Å². The number of hydrogen-bond acceptors (Lipinski definition) is 5. The van der Waals surface area contributed by atoms with Crippen molar-refractivity contribution in [3.8, 4) is 11.1 Å². The smallest absolute Gasteiger partial charge is 0.259 e. The van der Waals surface area contributed by atoms with Crippen LogP contribution in [0.15, 0.2) is 48.5 Å². The van der Waals surface area contributed by atoms with E-state index < -0.39 is 24.5 Å². The first-order valence-corrected chi connectivity index (χ1v) is 9.41. The lowest BCUT2D eigenvalue weighted by molar-refractivity contribution is -0.135. The van der Waals surface area contributed by atoms with Crippen LogP contribution in [0, 0.1) is 0 Å². The summed E-state index contributed by atoms with van der Waals surface area (Å²) in [6.45, 7) is 1.73. The standard InChI is InChI=1S/C21H23N3O4/c25-13-18(20(26)23-24-9-11-28-12-10-24)22-21(27)19-16-7-3-1-5-14(16)15-6-2-4-8-17(15)19/h1-8,18-19,25H,9-13H2,(H,22,27)(H,23,26)/t18-/m0/s1. The minimum Gasteiger partial charge on any atom is -0.394 e. The summed E-state index contributed by atoms with van der Waals surface area (Å²) in [5, 5.41) is 14.1. The lowest BCUT2D eigenvalue weighted by Gasteiger charge is -2.29. The van der Waals surface area contributed by atoms with E-state index in [0.29, 0.717) is 26.3 Å². The topological polar surface area (TPSA) is 90.9 Å². The summed E-state index contributed by atoms with van der Waals surface area (Å²) in [6.07, 6.45) is 0. The number of nitrogens with zero attached hydrogens (tertiary/aromatic N) is 1. The zero-order valence-electron chi connectivity index (χ0n) is 15.4. The second kappa shape index (κ2) is 8.10. The van der Waals surface area contributed by atoms with Gasteiger partial charge in [-0.1, -0.05) is 48.5 Å². The van der Waals surface area contributed by atoms with E-state index in [0.717, 1.165) is 22.3 Å². The molecule has 7 heteroatoms. The van der Waals surface area contributed by atoms with Crippen molar-refractivity contribution in [3.63, 3.8) is 0 Å². The number of carbonyl (C=O) groups is 2. The van der Waals surface area contributed by atoms with Gasteiger partial charge in [-0.25, -0.2) is 5.01 Å². The number of hydrazine groups is 1. The van der Waals surface area contributed by atoms with Crippen molar-refractivity contribution < 1.29 is 19.4 Å². The number of aliphatic hydroxyl groups is 1. The van der Waals surface area contributed by atoms with E-state index in [-0.39, 0.29) is 5.91 Å². The Morgan fingerprint density at radius 1 is 1.04 bits per heavy atom. The van der Waals surface area contributed by atoms with Gasteiger partial charge in [-0.15, -0.1) is 0 Å². The van der Waals surface area contributed by atoms with Crippen LogP contribution in [0.25, 0.3) is 11.1 Å². The molecule has 28 heavy (non-hydrogen) atoms. The molecule has 1 aliphatic carbocycles. The Balaban J connectivity index is 1.51. The predicted molar refractivity (Wildman–Crippen MR) is 103 cm³/mol. The van der Waals surface area contributed by atoms with Crippen LogP contribution in [0.2, 0.25) is 0 Å². The lowest BCUT2D eigenvalue weighted by Crippen LogP contribution is -2.56. The van der Waals surface area contributed by atoms with Crippen LogP contribution in [-0.2, 0) is 14.3 Å². The first-order chi connectivity index (χ1) is 13.7. The summed E-state index contributed by atoms with van der Waals surface area (Å²) in [5.41, 5.74) is 6.61. The van der Waals surface area contributed by atoms with Crippen LogP contribution in [-0.4, -0.2) is 60.9 Å². The maximum Gasteiger partial charge on any atom is 0.259 e. The van der Waals surface area contributed by atoms with Crippen molar-refractivity contribution in [1.82, 2.24) is 15.8 Å². The Labute approximate surface area is 163 Å². The number of aliphatic hydroxyl groups excluding tert-OH is 1. The molecule has 2 aliphatic rings. The summed E-state index contributed by atoms with van der Waals surface area (Å²) < 4.78 is 5.25. The average molecular weight is 381 g/mol. The number of ether oxygens (including phenoxy) is 1. The van der Waals surface area contributed by atoms with Gasteiger partial charge in [0.2, 0.25) is 5.91 Å². The van der Waals surface area contributed by atoms with Gasteiger partial charge in [0.25, 0.3) is 5.91 Å². The number of amides is 2. The lowest BCUT2D eigenvalue weighted by atomic mass is 9.95. The number of fused-ring (bicyclic) bond motifs is 3.